The fourth-order valence-corrected chi connectivity index (χ4v) is 3.13. The smallest absolute Gasteiger partial charge is 0.228 e. The van der Waals surface area contributed by atoms with Gasteiger partial charge in [0.25, 0.3) is 0 Å². The van der Waals surface area contributed by atoms with E-state index in [2.05, 4.69) is 26.1 Å². The molecule has 2 N–H and O–H groups in total. The Bertz CT molecular complexity index is 623. The van der Waals surface area contributed by atoms with Gasteiger partial charge in [0.2, 0.25) is 11.7 Å². The molecule has 0 bridgehead atoms. The first kappa shape index (κ1) is 14.0. The third kappa shape index (κ3) is 2.90. The van der Waals surface area contributed by atoms with Crippen LogP contribution in [0.5, 0.6) is 0 Å². The largest absolute Gasteiger partial charge is 0.339 e. The first-order valence-corrected chi connectivity index (χ1v) is 7.80. The Morgan fingerprint density at radius 1 is 1.35 bits per heavy atom. The molecule has 1 heterocycles. The molecule has 4 nitrogen and oxygen atoms in total. The van der Waals surface area contributed by atoms with E-state index < -0.39 is 0 Å². The van der Waals surface area contributed by atoms with Crippen molar-refractivity contribution < 1.29 is 4.52 Å². The van der Waals surface area contributed by atoms with Crippen LogP contribution in [0.2, 0.25) is 5.02 Å². The fraction of sp³-hybridized carbons (Fsp3) is 0.429. The van der Waals surface area contributed by atoms with E-state index in [1.165, 1.54) is 12.8 Å². The summed E-state index contributed by atoms with van der Waals surface area (Å²) in [6.45, 7) is 0. The van der Waals surface area contributed by atoms with Gasteiger partial charge in [0.05, 0.1) is 5.02 Å². The molecule has 0 atom stereocenters. The summed E-state index contributed by atoms with van der Waals surface area (Å²) in [6, 6.07) is 5.55. The number of aromatic nitrogens is 2. The van der Waals surface area contributed by atoms with Gasteiger partial charge in [-0.25, -0.2) is 0 Å². The number of nitrogens with two attached hydrogens (primary N) is 1. The first-order chi connectivity index (χ1) is 9.56. The van der Waals surface area contributed by atoms with Crippen LogP contribution in [0.15, 0.2) is 27.2 Å². The van der Waals surface area contributed by atoms with E-state index >= 15 is 0 Å². The summed E-state index contributed by atoms with van der Waals surface area (Å²) in [5, 5.41) is 4.68. The monoisotopic (exact) mass is 355 g/mol. The Hall–Kier alpha value is -0.910. The van der Waals surface area contributed by atoms with Crippen molar-refractivity contribution in [2.24, 2.45) is 5.73 Å². The number of hydrogen-bond donors (Lipinski definition) is 1. The Labute approximate surface area is 130 Å². The van der Waals surface area contributed by atoms with Crippen LogP contribution >= 0.6 is 27.5 Å². The molecule has 106 valence electrons. The molecule has 1 saturated carbocycles. The normalized spacial score (nSPS) is 17.6. The Kier molecular flexibility index (Phi) is 3.84. The van der Waals surface area contributed by atoms with Gasteiger partial charge in [-0.2, -0.15) is 4.98 Å². The van der Waals surface area contributed by atoms with Crippen LogP contribution in [-0.2, 0) is 6.42 Å². The second-order valence-electron chi connectivity index (χ2n) is 5.39. The van der Waals surface area contributed by atoms with Gasteiger partial charge in [0.15, 0.2) is 0 Å². The molecular formula is C14H15BrClN3O. The zero-order valence-corrected chi connectivity index (χ0v) is 13.2. The van der Waals surface area contributed by atoms with E-state index in [0.29, 0.717) is 23.2 Å². The predicted molar refractivity (Wildman–Crippen MR) is 81.5 cm³/mol. The average molecular weight is 357 g/mol. The van der Waals surface area contributed by atoms with Crippen molar-refractivity contribution in [3.8, 4) is 11.4 Å². The molecule has 1 aromatic heterocycles. The molecule has 1 aliphatic rings. The van der Waals surface area contributed by atoms with Gasteiger partial charge in [-0.1, -0.05) is 29.6 Å². The molecule has 1 fully saturated rings. The molecule has 1 aromatic carbocycles. The van der Waals surface area contributed by atoms with E-state index in [-0.39, 0.29) is 5.54 Å². The maximum Gasteiger partial charge on any atom is 0.228 e. The minimum absolute atomic E-state index is 0.176. The third-order valence-corrected chi connectivity index (χ3v) is 4.96. The van der Waals surface area contributed by atoms with E-state index in [1.807, 2.05) is 12.1 Å². The van der Waals surface area contributed by atoms with Gasteiger partial charge in [-0.15, -0.1) is 0 Å². The van der Waals surface area contributed by atoms with E-state index in [4.69, 9.17) is 21.9 Å². The molecule has 0 unspecified atom stereocenters. The standard InChI is InChI=1S/C14H15BrClN3O/c15-10-7-9(3-4-11(10)16)13-18-12(20-19-13)8-14(17)5-1-2-6-14/h3-4,7H,1-2,5-6,8,17H2. The fourth-order valence-electron chi connectivity index (χ4n) is 2.64. The lowest BCUT2D eigenvalue weighted by Gasteiger charge is -2.20. The van der Waals surface area contributed by atoms with Crippen LogP contribution in [0.25, 0.3) is 11.4 Å². The lowest BCUT2D eigenvalue weighted by molar-refractivity contribution is 0.329. The lowest BCUT2D eigenvalue weighted by Crippen LogP contribution is -2.38. The summed E-state index contributed by atoms with van der Waals surface area (Å²) in [5.74, 6) is 1.18. The van der Waals surface area contributed by atoms with Crippen molar-refractivity contribution in [2.45, 2.75) is 37.6 Å². The molecule has 20 heavy (non-hydrogen) atoms. The van der Waals surface area contributed by atoms with E-state index in [1.54, 1.807) is 6.07 Å². The van der Waals surface area contributed by atoms with Crippen molar-refractivity contribution >= 4 is 27.5 Å². The molecule has 0 amide bonds. The quantitative estimate of drug-likeness (QED) is 0.904. The molecule has 0 radical (unpaired) electrons. The average Bonchev–Trinajstić information content (AvgIpc) is 3.03. The van der Waals surface area contributed by atoms with Crippen molar-refractivity contribution in [3.63, 3.8) is 0 Å². The van der Waals surface area contributed by atoms with E-state index in [0.717, 1.165) is 22.9 Å². The second kappa shape index (κ2) is 5.47. The van der Waals surface area contributed by atoms with Gasteiger partial charge < -0.3 is 10.3 Å². The molecule has 0 saturated heterocycles. The van der Waals surface area contributed by atoms with Crippen molar-refractivity contribution in [1.29, 1.82) is 0 Å². The van der Waals surface area contributed by atoms with Crippen molar-refractivity contribution in [1.82, 2.24) is 10.1 Å². The molecule has 3 rings (SSSR count). The van der Waals surface area contributed by atoms with Crippen LogP contribution in [0.4, 0.5) is 0 Å². The Morgan fingerprint density at radius 2 is 2.10 bits per heavy atom. The number of rotatable bonds is 3. The molecule has 2 aromatic rings. The van der Waals surface area contributed by atoms with Crippen LogP contribution < -0.4 is 5.73 Å². The summed E-state index contributed by atoms with van der Waals surface area (Å²) in [7, 11) is 0. The second-order valence-corrected chi connectivity index (χ2v) is 6.65. The highest BCUT2D eigenvalue weighted by atomic mass is 79.9. The van der Waals surface area contributed by atoms with Gasteiger partial charge in [0.1, 0.15) is 0 Å². The number of hydrogen-bond acceptors (Lipinski definition) is 4. The molecule has 0 spiro atoms. The van der Waals surface area contributed by atoms with Gasteiger partial charge in [0, 0.05) is 22.0 Å². The summed E-state index contributed by atoms with van der Waals surface area (Å²) in [4.78, 5) is 4.44. The van der Waals surface area contributed by atoms with Gasteiger partial charge in [-0.3, -0.25) is 0 Å². The molecule has 1 aliphatic carbocycles. The number of benzene rings is 1. The maximum atomic E-state index is 6.33. The summed E-state index contributed by atoms with van der Waals surface area (Å²) >= 11 is 9.37. The molecule has 0 aliphatic heterocycles. The Morgan fingerprint density at radius 3 is 2.80 bits per heavy atom. The highest BCUT2D eigenvalue weighted by molar-refractivity contribution is 9.10. The van der Waals surface area contributed by atoms with Crippen molar-refractivity contribution in [3.05, 3.63) is 33.6 Å². The SMILES string of the molecule is NC1(Cc2nc(-c3ccc(Cl)c(Br)c3)no2)CCCC1. The third-order valence-electron chi connectivity index (χ3n) is 3.75. The highest BCUT2D eigenvalue weighted by Gasteiger charge is 2.31. The van der Waals surface area contributed by atoms with Crippen LogP contribution in [0.1, 0.15) is 31.6 Å². The van der Waals surface area contributed by atoms with E-state index in [9.17, 15) is 0 Å². The lowest BCUT2D eigenvalue weighted by atomic mass is 9.95. The highest BCUT2D eigenvalue weighted by Crippen LogP contribution is 2.31. The summed E-state index contributed by atoms with van der Waals surface area (Å²) < 4.78 is 6.14. The molecule has 6 heteroatoms. The predicted octanol–water partition coefficient (Wildman–Crippen LogP) is 3.97. The number of nitrogens with zero attached hydrogens (tertiary/aromatic N) is 2. The minimum atomic E-state index is -0.176. The number of halogens is 2. The van der Waals surface area contributed by atoms with Gasteiger partial charge >= 0.3 is 0 Å². The maximum absolute atomic E-state index is 6.33. The van der Waals surface area contributed by atoms with Crippen LogP contribution in [0.3, 0.4) is 0 Å². The van der Waals surface area contributed by atoms with Crippen LogP contribution in [0, 0.1) is 0 Å². The Balaban J connectivity index is 1.81. The summed E-state index contributed by atoms with van der Waals surface area (Å²) in [6.07, 6.45) is 5.06. The topological polar surface area (TPSA) is 64.9 Å². The van der Waals surface area contributed by atoms with Gasteiger partial charge in [-0.05, 0) is 47.0 Å². The summed E-state index contributed by atoms with van der Waals surface area (Å²) in [5.41, 5.74) is 7.02. The first-order valence-electron chi connectivity index (χ1n) is 6.63. The zero-order chi connectivity index (χ0) is 14.2. The van der Waals surface area contributed by atoms with Crippen LogP contribution in [-0.4, -0.2) is 15.7 Å². The zero-order valence-electron chi connectivity index (χ0n) is 10.9. The van der Waals surface area contributed by atoms with Crippen molar-refractivity contribution in [2.75, 3.05) is 0 Å². The molecular weight excluding hydrogens is 342 g/mol. The minimum Gasteiger partial charge on any atom is -0.339 e.